The molecule has 0 aromatic heterocycles. The first-order valence-corrected chi connectivity index (χ1v) is 6.09. The van der Waals surface area contributed by atoms with Gasteiger partial charge in [0.1, 0.15) is 0 Å². The fraction of sp³-hybridized carbons (Fsp3) is 0.818. The van der Waals surface area contributed by atoms with E-state index in [-0.39, 0.29) is 12.5 Å². The van der Waals surface area contributed by atoms with Crippen LogP contribution in [0.3, 0.4) is 0 Å². The van der Waals surface area contributed by atoms with E-state index in [2.05, 4.69) is 10.6 Å². The average Bonchev–Trinajstić information content (AvgIpc) is 2.26. The lowest BCUT2D eigenvalue weighted by atomic mass is 10.0. The van der Waals surface area contributed by atoms with Crippen LogP contribution in [0, 0.1) is 0 Å². The van der Waals surface area contributed by atoms with Crippen molar-refractivity contribution in [3.05, 3.63) is 0 Å². The highest BCUT2D eigenvalue weighted by Gasteiger charge is 2.14. The molecule has 1 atom stereocenters. The van der Waals surface area contributed by atoms with E-state index in [1.807, 2.05) is 11.9 Å². The number of carbonyl (C=O) groups excluding carboxylic acids is 2. The predicted octanol–water partition coefficient (Wildman–Crippen LogP) is -0.355. The van der Waals surface area contributed by atoms with Crippen molar-refractivity contribution in [2.24, 2.45) is 5.73 Å². The number of primary amides is 1. The van der Waals surface area contributed by atoms with Gasteiger partial charge in [0.2, 0.25) is 5.91 Å². The van der Waals surface area contributed by atoms with Crippen molar-refractivity contribution in [1.82, 2.24) is 15.5 Å². The molecule has 1 heterocycles. The molecule has 6 heteroatoms. The van der Waals surface area contributed by atoms with Gasteiger partial charge in [0.05, 0.1) is 6.54 Å². The van der Waals surface area contributed by atoms with Gasteiger partial charge >= 0.3 is 6.03 Å². The van der Waals surface area contributed by atoms with Crippen molar-refractivity contribution in [3.63, 3.8) is 0 Å². The second-order valence-corrected chi connectivity index (χ2v) is 4.59. The van der Waals surface area contributed by atoms with Crippen LogP contribution < -0.4 is 16.4 Å². The minimum atomic E-state index is -0.794. The fourth-order valence-corrected chi connectivity index (χ4v) is 2.05. The smallest absolute Gasteiger partial charge is 0.318 e. The number of nitrogens with one attached hydrogen (secondary N) is 2. The number of nitrogens with two attached hydrogens (primary N) is 1. The number of nitrogens with zero attached hydrogens (tertiary/aromatic N) is 1. The zero-order valence-electron chi connectivity index (χ0n) is 10.4. The molecule has 0 radical (unpaired) electrons. The molecule has 1 aliphatic rings. The van der Waals surface area contributed by atoms with E-state index in [0.717, 1.165) is 19.5 Å². The van der Waals surface area contributed by atoms with Gasteiger partial charge in [0.15, 0.2) is 0 Å². The highest BCUT2D eigenvalue weighted by molar-refractivity contribution is 5.94. The van der Waals surface area contributed by atoms with Crippen molar-refractivity contribution in [2.45, 2.75) is 31.7 Å². The number of amides is 3. The highest BCUT2D eigenvalue weighted by Crippen LogP contribution is 2.10. The van der Waals surface area contributed by atoms with E-state index in [1.54, 1.807) is 0 Å². The summed E-state index contributed by atoms with van der Waals surface area (Å²) in [6.45, 7) is 2.13. The average molecular weight is 242 g/mol. The van der Waals surface area contributed by atoms with Crippen molar-refractivity contribution in [1.29, 1.82) is 0 Å². The van der Waals surface area contributed by atoms with Crippen molar-refractivity contribution >= 4 is 11.9 Å². The van der Waals surface area contributed by atoms with E-state index in [1.165, 1.54) is 19.3 Å². The summed E-state index contributed by atoms with van der Waals surface area (Å²) in [5.74, 6) is -0.350. The van der Waals surface area contributed by atoms with Crippen LogP contribution in [0.15, 0.2) is 0 Å². The van der Waals surface area contributed by atoms with Crippen LogP contribution in [0.2, 0.25) is 0 Å². The molecule has 1 unspecified atom stereocenters. The molecular weight excluding hydrogens is 220 g/mol. The lowest BCUT2D eigenvalue weighted by Gasteiger charge is -2.25. The molecule has 6 nitrogen and oxygen atoms in total. The van der Waals surface area contributed by atoms with E-state index >= 15 is 0 Å². The largest absolute Gasteiger partial charge is 0.351 e. The van der Waals surface area contributed by atoms with Crippen LogP contribution in [0.25, 0.3) is 0 Å². The third kappa shape index (κ3) is 6.23. The Balaban J connectivity index is 2.13. The molecule has 0 saturated carbocycles. The molecule has 1 fully saturated rings. The second kappa shape index (κ2) is 7.24. The minimum absolute atomic E-state index is 0.204. The fourth-order valence-electron chi connectivity index (χ4n) is 2.05. The van der Waals surface area contributed by atoms with Crippen LogP contribution in [-0.4, -0.2) is 49.6 Å². The topological polar surface area (TPSA) is 87.5 Å². The summed E-state index contributed by atoms with van der Waals surface area (Å²) in [5, 5.41) is 5.51. The third-order valence-electron chi connectivity index (χ3n) is 2.95. The Morgan fingerprint density at radius 2 is 2.24 bits per heavy atom. The van der Waals surface area contributed by atoms with Gasteiger partial charge in [-0.2, -0.15) is 0 Å². The molecule has 1 aliphatic heterocycles. The van der Waals surface area contributed by atoms with Gasteiger partial charge in [-0.05, 0) is 39.4 Å². The van der Waals surface area contributed by atoms with Crippen LogP contribution in [-0.2, 0) is 4.79 Å². The van der Waals surface area contributed by atoms with E-state index in [4.69, 9.17) is 5.73 Å². The monoisotopic (exact) mass is 242 g/mol. The number of urea groups is 1. The zero-order valence-corrected chi connectivity index (χ0v) is 10.4. The van der Waals surface area contributed by atoms with Crippen LogP contribution in [0.1, 0.15) is 25.7 Å². The highest BCUT2D eigenvalue weighted by atomic mass is 16.2. The maximum Gasteiger partial charge on any atom is 0.318 e. The molecule has 0 aromatic rings. The number of imide groups is 1. The molecule has 4 N–H and O–H groups in total. The van der Waals surface area contributed by atoms with Gasteiger partial charge in [-0.1, -0.05) is 6.42 Å². The summed E-state index contributed by atoms with van der Waals surface area (Å²) in [6.07, 6.45) is 4.78. The third-order valence-corrected chi connectivity index (χ3v) is 2.95. The molecule has 1 rings (SSSR count). The Morgan fingerprint density at radius 1 is 1.47 bits per heavy atom. The van der Waals surface area contributed by atoms with E-state index in [0.29, 0.717) is 6.04 Å². The van der Waals surface area contributed by atoms with Crippen molar-refractivity contribution in [2.75, 3.05) is 26.7 Å². The van der Waals surface area contributed by atoms with Gasteiger partial charge < -0.3 is 11.1 Å². The Bertz CT molecular complexity index is 264. The molecule has 3 amide bonds. The van der Waals surface area contributed by atoms with Gasteiger partial charge in [0, 0.05) is 6.04 Å². The van der Waals surface area contributed by atoms with Crippen LogP contribution in [0.4, 0.5) is 4.79 Å². The summed E-state index contributed by atoms with van der Waals surface area (Å²) in [4.78, 5) is 23.6. The minimum Gasteiger partial charge on any atom is -0.351 e. The molecule has 1 saturated heterocycles. The van der Waals surface area contributed by atoms with Crippen LogP contribution in [0.5, 0.6) is 0 Å². The predicted molar refractivity (Wildman–Crippen MR) is 65.5 cm³/mol. The normalized spacial score (nSPS) is 20.2. The SMILES string of the molecule is CN(CCC1CCCCN1)CC(=O)NC(N)=O. The number of rotatable bonds is 5. The van der Waals surface area contributed by atoms with Crippen molar-refractivity contribution < 1.29 is 9.59 Å². The maximum absolute atomic E-state index is 11.2. The first-order chi connectivity index (χ1) is 8.08. The summed E-state index contributed by atoms with van der Waals surface area (Å²) in [6, 6.07) is -0.234. The molecule has 98 valence electrons. The Morgan fingerprint density at radius 3 is 2.82 bits per heavy atom. The number of hydrogen-bond acceptors (Lipinski definition) is 4. The maximum atomic E-state index is 11.2. The quantitative estimate of drug-likeness (QED) is 0.614. The van der Waals surface area contributed by atoms with Crippen molar-refractivity contribution in [3.8, 4) is 0 Å². The van der Waals surface area contributed by atoms with Gasteiger partial charge in [-0.15, -0.1) is 0 Å². The van der Waals surface area contributed by atoms with Gasteiger partial charge in [0.25, 0.3) is 0 Å². The zero-order chi connectivity index (χ0) is 12.7. The molecule has 0 bridgehead atoms. The molecule has 17 heavy (non-hydrogen) atoms. The first-order valence-electron chi connectivity index (χ1n) is 6.09. The number of likely N-dealkylation sites (N-methyl/N-ethyl adjacent to an activating group) is 1. The second-order valence-electron chi connectivity index (χ2n) is 4.59. The number of piperidine rings is 1. The lowest BCUT2D eigenvalue weighted by molar-refractivity contribution is -0.120. The Hall–Kier alpha value is -1.14. The van der Waals surface area contributed by atoms with Gasteiger partial charge in [-0.25, -0.2) is 4.79 Å². The summed E-state index contributed by atoms with van der Waals surface area (Å²) >= 11 is 0. The van der Waals surface area contributed by atoms with Gasteiger partial charge in [-0.3, -0.25) is 15.0 Å². The van der Waals surface area contributed by atoms with Crippen LogP contribution >= 0.6 is 0 Å². The molecule has 0 spiro atoms. The summed E-state index contributed by atoms with van der Waals surface area (Å²) in [7, 11) is 1.86. The van der Waals surface area contributed by atoms with E-state index in [9.17, 15) is 9.59 Å². The Kier molecular flexibility index (Phi) is 5.93. The standard InChI is InChI=1S/C11H22N4O2/c1-15(8-10(16)14-11(12)17)7-5-9-4-2-3-6-13-9/h9,13H,2-8H2,1H3,(H3,12,14,16,17). The number of carbonyl (C=O) groups is 2. The Labute approximate surface area is 102 Å². The molecular formula is C11H22N4O2. The summed E-state index contributed by atoms with van der Waals surface area (Å²) < 4.78 is 0. The first kappa shape index (κ1) is 13.9. The molecule has 0 aliphatic carbocycles. The summed E-state index contributed by atoms with van der Waals surface area (Å²) in [5.41, 5.74) is 4.86. The van der Waals surface area contributed by atoms with E-state index < -0.39 is 6.03 Å². The number of hydrogen-bond donors (Lipinski definition) is 3. The molecule has 0 aromatic carbocycles. The lowest BCUT2D eigenvalue weighted by Crippen LogP contribution is -2.42.